The van der Waals surface area contributed by atoms with E-state index in [2.05, 4.69) is 27.8 Å². The normalized spacial score (nSPS) is 10.8. The van der Waals surface area contributed by atoms with E-state index in [1.807, 2.05) is 50.5 Å². The Balaban J connectivity index is 1.73. The fraction of sp³-hybridized carbons (Fsp3) is 0.136. The van der Waals surface area contributed by atoms with Crippen molar-refractivity contribution in [2.24, 2.45) is 7.05 Å². The molecule has 0 amide bonds. The molecule has 4 aromatic rings. The number of ether oxygens (including phenoxy) is 1. The Morgan fingerprint density at radius 2 is 1.90 bits per heavy atom. The summed E-state index contributed by atoms with van der Waals surface area (Å²) < 4.78 is 11.0. The van der Waals surface area contributed by atoms with Crippen LogP contribution in [-0.4, -0.2) is 19.7 Å². The van der Waals surface area contributed by atoms with E-state index < -0.39 is 0 Å². The van der Waals surface area contributed by atoms with Gasteiger partial charge in [0, 0.05) is 29.4 Å². The van der Waals surface area contributed by atoms with Gasteiger partial charge < -0.3 is 4.74 Å². The standard InChI is InChI=1S/C22H20ClN5OS/c1-14-7-4-5-10-19(14)20-15(2)21(29-17-9-6-8-16(23)11-17)26-22(25-20)27-30-18-12-24-28(3)13-18/h4-13H,1-3H3,(H,25,26,27). The summed E-state index contributed by atoms with van der Waals surface area (Å²) in [4.78, 5) is 10.3. The lowest BCUT2D eigenvalue weighted by Crippen LogP contribution is -2.03. The van der Waals surface area contributed by atoms with Gasteiger partial charge in [-0.25, -0.2) is 4.98 Å². The van der Waals surface area contributed by atoms with Gasteiger partial charge in [0.1, 0.15) is 5.75 Å². The average molecular weight is 438 g/mol. The predicted octanol–water partition coefficient (Wildman–Crippen LogP) is 6.06. The summed E-state index contributed by atoms with van der Waals surface area (Å²) in [7, 11) is 1.87. The number of anilines is 1. The first kappa shape index (κ1) is 20.3. The third kappa shape index (κ3) is 4.58. The molecular weight excluding hydrogens is 418 g/mol. The summed E-state index contributed by atoms with van der Waals surface area (Å²) in [6, 6.07) is 15.4. The molecule has 8 heteroatoms. The van der Waals surface area contributed by atoms with E-state index in [-0.39, 0.29) is 0 Å². The minimum Gasteiger partial charge on any atom is -0.438 e. The molecule has 0 aliphatic carbocycles. The van der Waals surface area contributed by atoms with Gasteiger partial charge in [-0.05, 0) is 49.6 Å². The molecule has 152 valence electrons. The quantitative estimate of drug-likeness (QED) is 0.370. The lowest BCUT2D eigenvalue weighted by Gasteiger charge is -2.15. The second kappa shape index (κ2) is 8.77. The first-order valence-corrected chi connectivity index (χ1v) is 10.5. The molecule has 0 unspecified atom stereocenters. The minimum atomic E-state index is 0.449. The van der Waals surface area contributed by atoms with Crippen molar-refractivity contribution in [3.8, 4) is 22.9 Å². The van der Waals surface area contributed by atoms with Crippen LogP contribution in [0.15, 0.2) is 65.8 Å². The maximum Gasteiger partial charge on any atom is 0.237 e. The van der Waals surface area contributed by atoms with Crippen molar-refractivity contribution >= 4 is 29.5 Å². The highest BCUT2D eigenvalue weighted by molar-refractivity contribution is 8.00. The molecule has 0 fully saturated rings. The first-order valence-electron chi connectivity index (χ1n) is 9.29. The number of nitrogens with zero attached hydrogens (tertiary/aromatic N) is 4. The van der Waals surface area contributed by atoms with Crippen LogP contribution < -0.4 is 9.46 Å². The molecule has 2 aromatic carbocycles. The molecule has 0 aliphatic rings. The zero-order valence-electron chi connectivity index (χ0n) is 16.8. The SMILES string of the molecule is Cc1ccccc1-c1nc(NSc2cnn(C)c2)nc(Oc2cccc(Cl)c2)c1C. The van der Waals surface area contributed by atoms with Gasteiger partial charge in [-0.15, -0.1) is 0 Å². The smallest absolute Gasteiger partial charge is 0.237 e. The van der Waals surface area contributed by atoms with Crippen molar-refractivity contribution < 1.29 is 4.74 Å². The third-order valence-corrected chi connectivity index (χ3v) is 5.42. The van der Waals surface area contributed by atoms with Crippen molar-refractivity contribution in [1.29, 1.82) is 0 Å². The highest BCUT2D eigenvalue weighted by Gasteiger charge is 2.16. The molecule has 0 bridgehead atoms. The number of halogens is 1. The van der Waals surface area contributed by atoms with Crippen LogP contribution >= 0.6 is 23.5 Å². The summed E-state index contributed by atoms with van der Waals surface area (Å²) in [5.74, 6) is 1.54. The van der Waals surface area contributed by atoms with Crippen LogP contribution in [-0.2, 0) is 7.05 Å². The van der Waals surface area contributed by atoms with Crippen LogP contribution in [0.25, 0.3) is 11.3 Å². The monoisotopic (exact) mass is 437 g/mol. The Morgan fingerprint density at radius 3 is 2.63 bits per heavy atom. The maximum atomic E-state index is 6.11. The number of aromatic nitrogens is 4. The summed E-state index contributed by atoms with van der Waals surface area (Å²) in [6.45, 7) is 4.02. The van der Waals surface area contributed by atoms with Crippen molar-refractivity contribution in [3.05, 3.63) is 77.1 Å². The fourth-order valence-corrected chi connectivity index (χ4v) is 3.73. The van der Waals surface area contributed by atoms with E-state index in [0.29, 0.717) is 22.6 Å². The highest BCUT2D eigenvalue weighted by atomic mass is 35.5. The molecule has 2 aromatic heterocycles. The Bertz CT molecular complexity index is 1190. The lowest BCUT2D eigenvalue weighted by atomic mass is 10.0. The molecule has 30 heavy (non-hydrogen) atoms. The molecule has 0 atom stereocenters. The van der Waals surface area contributed by atoms with E-state index in [4.69, 9.17) is 21.3 Å². The summed E-state index contributed by atoms with van der Waals surface area (Å²) >= 11 is 7.50. The van der Waals surface area contributed by atoms with E-state index in [0.717, 1.165) is 27.3 Å². The van der Waals surface area contributed by atoms with Crippen molar-refractivity contribution in [2.75, 3.05) is 4.72 Å². The van der Waals surface area contributed by atoms with E-state index in [1.54, 1.807) is 23.0 Å². The van der Waals surface area contributed by atoms with Gasteiger partial charge in [0.05, 0.1) is 16.8 Å². The molecule has 0 aliphatic heterocycles. The van der Waals surface area contributed by atoms with Crippen molar-refractivity contribution in [2.45, 2.75) is 18.7 Å². The van der Waals surface area contributed by atoms with Crippen LogP contribution in [0.2, 0.25) is 5.02 Å². The molecule has 2 heterocycles. The Morgan fingerprint density at radius 1 is 1.07 bits per heavy atom. The summed E-state index contributed by atoms with van der Waals surface area (Å²) in [5, 5.41) is 4.78. The van der Waals surface area contributed by atoms with Crippen molar-refractivity contribution in [1.82, 2.24) is 19.7 Å². The molecule has 1 N–H and O–H groups in total. The van der Waals surface area contributed by atoms with Gasteiger partial charge in [0.2, 0.25) is 11.8 Å². The Labute approximate surface area is 184 Å². The maximum absolute atomic E-state index is 6.11. The number of hydrogen-bond donors (Lipinski definition) is 1. The number of aryl methyl sites for hydroxylation is 2. The van der Waals surface area contributed by atoms with Crippen LogP contribution in [0.4, 0.5) is 5.95 Å². The Hall–Kier alpha value is -3.03. The largest absolute Gasteiger partial charge is 0.438 e. The molecule has 0 saturated carbocycles. The van der Waals surface area contributed by atoms with Gasteiger partial charge in [0.25, 0.3) is 0 Å². The van der Waals surface area contributed by atoms with Gasteiger partial charge in [-0.1, -0.05) is 41.9 Å². The molecule has 6 nitrogen and oxygen atoms in total. The summed E-state index contributed by atoms with van der Waals surface area (Å²) in [5.41, 5.74) is 3.82. The first-order chi connectivity index (χ1) is 14.5. The number of rotatable bonds is 6. The van der Waals surface area contributed by atoms with Crippen LogP contribution in [0.3, 0.4) is 0 Å². The number of nitrogens with one attached hydrogen (secondary N) is 1. The van der Waals surface area contributed by atoms with Gasteiger partial charge in [0.15, 0.2) is 0 Å². The number of benzene rings is 2. The number of hydrogen-bond acceptors (Lipinski definition) is 6. The minimum absolute atomic E-state index is 0.449. The molecule has 4 rings (SSSR count). The van der Waals surface area contributed by atoms with Crippen LogP contribution in [0, 0.1) is 13.8 Å². The second-order valence-corrected chi connectivity index (χ2v) is 8.07. The van der Waals surface area contributed by atoms with E-state index in [9.17, 15) is 0 Å². The van der Waals surface area contributed by atoms with E-state index in [1.165, 1.54) is 11.9 Å². The molecule has 0 radical (unpaired) electrons. The average Bonchev–Trinajstić information content (AvgIpc) is 3.14. The Kier molecular flexibility index (Phi) is 5.92. The van der Waals surface area contributed by atoms with Gasteiger partial charge >= 0.3 is 0 Å². The van der Waals surface area contributed by atoms with Gasteiger partial charge in [-0.2, -0.15) is 10.1 Å². The lowest BCUT2D eigenvalue weighted by molar-refractivity contribution is 0.459. The van der Waals surface area contributed by atoms with Crippen LogP contribution in [0.1, 0.15) is 11.1 Å². The topological polar surface area (TPSA) is 64.9 Å². The highest BCUT2D eigenvalue weighted by Crippen LogP contribution is 2.34. The zero-order valence-corrected chi connectivity index (χ0v) is 18.3. The fourth-order valence-electron chi connectivity index (χ4n) is 2.94. The zero-order chi connectivity index (χ0) is 21.1. The molecular formula is C22H20ClN5OS. The second-order valence-electron chi connectivity index (χ2n) is 6.75. The molecule has 0 saturated heterocycles. The molecule has 0 spiro atoms. The predicted molar refractivity (Wildman–Crippen MR) is 121 cm³/mol. The third-order valence-electron chi connectivity index (χ3n) is 4.45. The van der Waals surface area contributed by atoms with Crippen molar-refractivity contribution in [3.63, 3.8) is 0 Å². The summed E-state index contributed by atoms with van der Waals surface area (Å²) in [6.07, 6.45) is 3.69. The van der Waals surface area contributed by atoms with E-state index >= 15 is 0 Å². The van der Waals surface area contributed by atoms with Gasteiger partial charge in [-0.3, -0.25) is 9.40 Å². The van der Waals surface area contributed by atoms with Crippen LogP contribution in [0.5, 0.6) is 11.6 Å².